The van der Waals surface area contributed by atoms with Crippen molar-refractivity contribution in [3.05, 3.63) is 28.7 Å². The molecule has 0 unspecified atom stereocenters. The maximum atomic E-state index is 12.6. The van der Waals surface area contributed by atoms with E-state index in [4.69, 9.17) is 0 Å². The number of benzene rings is 1. The number of halogens is 1. The Labute approximate surface area is 154 Å². The van der Waals surface area contributed by atoms with E-state index in [2.05, 4.69) is 31.1 Å². The topological polar surface area (TPSA) is 61.9 Å². The van der Waals surface area contributed by atoms with Crippen molar-refractivity contribution in [2.45, 2.75) is 43.0 Å². The summed E-state index contributed by atoms with van der Waals surface area (Å²) in [6, 6.07) is 7.86. The minimum atomic E-state index is -0.175. The molecule has 1 aliphatic heterocycles. The summed E-state index contributed by atoms with van der Waals surface area (Å²) in [4.78, 5) is 19.1. The first-order valence-electron chi connectivity index (χ1n) is 8.28. The minimum absolute atomic E-state index is 0.175. The summed E-state index contributed by atoms with van der Waals surface area (Å²) in [5.41, 5.74) is 0.961. The van der Waals surface area contributed by atoms with Crippen LogP contribution >= 0.6 is 27.7 Å². The second kappa shape index (κ2) is 8.16. The number of thioether (sulfide) groups is 1. The van der Waals surface area contributed by atoms with Crippen LogP contribution in [0.1, 0.15) is 32.6 Å². The van der Waals surface area contributed by atoms with E-state index in [9.17, 15) is 4.79 Å². The van der Waals surface area contributed by atoms with E-state index >= 15 is 0 Å². The first-order chi connectivity index (χ1) is 11.6. The molecule has 3 rings (SSSR count). The first kappa shape index (κ1) is 17.5. The fourth-order valence-electron chi connectivity index (χ4n) is 2.83. The lowest BCUT2D eigenvalue weighted by atomic mass is 10.2. The lowest BCUT2D eigenvalue weighted by Gasteiger charge is -2.23. The van der Waals surface area contributed by atoms with Crippen molar-refractivity contribution in [2.24, 2.45) is 0 Å². The van der Waals surface area contributed by atoms with E-state index in [0.717, 1.165) is 36.0 Å². The van der Waals surface area contributed by atoms with Crippen molar-refractivity contribution >= 4 is 33.6 Å². The highest BCUT2D eigenvalue weighted by atomic mass is 79.9. The van der Waals surface area contributed by atoms with Gasteiger partial charge in [-0.05, 0) is 25.8 Å². The van der Waals surface area contributed by atoms with E-state index in [1.165, 1.54) is 24.6 Å². The average molecular weight is 409 g/mol. The SMILES string of the molecule is C[C@H](Sc1n[nH]c(-c2ccccc2Br)n1)C(=O)N1CCCCCC1. The third kappa shape index (κ3) is 4.19. The van der Waals surface area contributed by atoms with E-state index in [1.54, 1.807) is 0 Å². The molecule has 0 spiro atoms. The van der Waals surface area contributed by atoms with Crippen LogP contribution in [0.5, 0.6) is 0 Å². The molecule has 0 aliphatic carbocycles. The van der Waals surface area contributed by atoms with Crippen LogP contribution in [0.4, 0.5) is 0 Å². The minimum Gasteiger partial charge on any atom is -0.342 e. The van der Waals surface area contributed by atoms with Gasteiger partial charge in [-0.1, -0.05) is 58.7 Å². The van der Waals surface area contributed by atoms with Crippen molar-refractivity contribution in [2.75, 3.05) is 13.1 Å². The van der Waals surface area contributed by atoms with Gasteiger partial charge < -0.3 is 4.90 Å². The van der Waals surface area contributed by atoms with Gasteiger partial charge in [0.1, 0.15) is 0 Å². The number of aromatic nitrogens is 3. The molecule has 0 bridgehead atoms. The smallest absolute Gasteiger partial charge is 0.235 e. The van der Waals surface area contributed by atoms with Crippen LogP contribution in [-0.2, 0) is 4.79 Å². The Kier molecular flexibility index (Phi) is 5.94. The summed E-state index contributed by atoms with van der Waals surface area (Å²) in [6.45, 7) is 3.69. The zero-order valence-corrected chi connectivity index (χ0v) is 16.1. The standard InChI is InChI=1S/C17H21BrN4OS/c1-12(16(23)22-10-6-2-3-7-11-22)24-17-19-15(20-21-17)13-8-4-5-9-14(13)18/h4-5,8-9,12H,2-3,6-7,10-11H2,1H3,(H,19,20,21)/t12-/m0/s1. The number of nitrogens with one attached hydrogen (secondary N) is 1. The van der Waals surface area contributed by atoms with Crippen molar-refractivity contribution in [3.8, 4) is 11.4 Å². The largest absolute Gasteiger partial charge is 0.342 e. The maximum Gasteiger partial charge on any atom is 0.235 e. The van der Waals surface area contributed by atoms with Crippen LogP contribution in [0.2, 0.25) is 0 Å². The van der Waals surface area contributed by atoms with Gasteiger partial charge in [0, 0.05) is 23.1 Å². The molecule has 1 saturated heterocycles. The molecule has 7 heteroatoms. The summed E-state index contributed by atoms with van der Waals surface area (Å²) >= 11 is 4.93. The second-order valence-corrected chi connectivity index (χ2v) is 8.11. The van der Waals surface area contributed by atoms with Gasteiger partial charge in [-0.15, -0.1) is 5.10 Å². The first-order valence-corrected chi connectivity index (χ1v) is 9.95. The van der Waals surface area contributed by atoms with Crippen molar-refractivity contribution in [3.63, 3.8) is 0 Å². The summed E-state index contributed by atoms with van der Waals surface area (Å²) < 4.78 is 0.964. The van der Waals surface area contributed by atoms with E-state index in [1.807, 2.05) is 36.1 Å². The Bertz CT molecular complexity index is 697. The van der Waals surface area contributed by atoms with Gasteiger partial charge >= 0.3 is 0 Å². The summed E-state index contributed by atoms with van der Waals surface area (Å²) in [5.74, 6) is 0.897. The molecule has 24 heavy (non-hydrogen) atoms. The Balaban J connectivity index is 1.65. The molecule has 2 aromatic rings. The lowest BCUT2D eigenvalue weighted by molar-refractivity contribution is -0.130. The average Bonchev–Trinajstić information content (AvgIpc) is 2.87. The van der Waals surface area contributed by atoms with Gasteiger partial charge in [-0.2, -0.15) is 0 Å². The Morgan fingerprint density at radius 1 is 1.25 bits per heavy atom. The molecule has 1 N–H and O–H groups in total. The summed E-state index contributed by atoms with van der Waals surface area (Å²) in [5, 5.41) is 7.65. The predicted molar refractivity (Wildman–Crippen MR) is 99.9 cm³/mol. The lowest BCUT2D eigenvalue weighted by Crippen LogP contribution is -2.37. The van der Waals surface area contributed by atoms with E-state index in [0.29, 0.717) is 11.0 Å². The number of amides is 1. The highest BCUT2D eigenvalue weighted by Crippen LogP contribution is 2.28. The second-order valence-electron chi connectivity index (χ2n) is 5.95. The number of aromatic amines is 1. The van der Waals surface area contributed by atoms with Crippen LogP contribution in [0.25, 0.3) is 11.4 Å². The number of likely N-dealkylation sites (tertiary alicyclic amines) is 1. The number of nitrogens with zero attached hydrogens (tertiary/aromatic N) is 3. The molecule has 1 atom stereocenters. The van der Waals surface area contributed by atoms with E-state index < -0.39 is 0 Å². The monoisotopic (exact) mass is 408 g/mol. The number of H-pyrrole nitrogens is 1. The summed E-state index contributed by atoms with van der Waals surface area (Å²) in [6.07, 6.45) is 4.66. The Hall–Kier alpha value is -1.34. The maximum absolute atomic E-state index is 12.6. The van der Waals surface area contributed by atoms with Gasteiger partial charge in [0.25, 0.3) is 0 Å². The third-order valence-electron chi connectivity index (χ3n) is 4.14. The molecule has 1 aromatic heterocycles. The fourth-order valence-corrected chi connectivity index (χ4v) is 4.11. The quantitative estimate of drug-likeness (QED) is 0.772. The molecule has 5 nitrogen and oxygen atoms in total. The molecular formula is C17H21BrN4OS. The van der Waals surface area contributed by atoms with Crippen molar-refractivity contribution in [1.82, 2.24) is 20.1 Å². The third-order valence-corrected chi connectivity index (χ3v) is 5.78. The molecule has 0 saturated carbocycles. The van der Waals surface area contributed by atoms with Crippen LogP contribution < -0.4 is 0 Å². The molecule has 1 fully saturated rings. The zero-order valence-electron chi connectivity index (χ0n) is 13.7. The number of carbonyl (C=O) groups is 1. The fraction of sp³-hybridized carbons (Fsp3) is 0.471. The zero-order chi connectivity index (χ0) is 16.9. The number of carbonyl (C=O) groups excluding carboxylic acids is 1. The van der Waals surface area contributed by atoms with Gasteiger partial charge in [0.15, 0.2) is 5.82 Å². The van der Waals surface area contributed by atoms with Crippen LogP contribution in [0.3, 0.4) is 0 Å². The van der Waals surface area contributed by atoms with Crippen molar-refractivity contribution < 1.29 is 4.79 Å². The van der Waals surface area contributed by atoms with Gasteiger partial charge in [-0.25, -0.2) is 4.98 Å². The van der Waals surface area contributed by atoms with Crippen LogP contribution in [-0.4, -0.2) is 44.3 Å². The number of hydrogen-bond donors (Lipinski definition) is 1. The highest BCUT2D eigenvalue weighted by Gasteiger charge is 2.23. The molecule has 0 radical (unpaired) electrons. The van der Waals surface area contributed by atoms with Crippen LogP contribution in [0.15, 0.2) is 33.9 Å². The Morgan fingerprint density at radius 2 is 1.96 bits per heavy atom. The molecular weight excluding hydrogens is 388 g/mol. The van der Waals surface area contributed by atoms with Gasteiger partial charge in [0.05, 0.1) is 5.25 Å². The Morgan fingerprint density at radius 3 is 2.67 bits per heavy atom. The normalized spacial score (nSPS) is 16.7. The predicted octanol–water partition coefficient (Wildman–Crippen LogP) is 4.12. The molecule has 128 valence electrons. The van der Waals surface area contributed by atoms with Crippen molar-refractivity contribution in [1.29, 1.82) is 0 Å². The van der Waals surface area contributed by atoms with Gasteiger partial charge in [-0.3, -0.25) is 9.89 Å². The number of rotatable bonds is 4. The molecule has 1 aliphatic rings. The molecule has 1 amide bonds. The van der Waals surface area contributed by atoms with Crippen LogP contribution in [0, 0.1) is 0 Å². The molecule has 1 aromatic carbocycles. The van der Waals surface area contributed by atoms with Gasteiger partial charge in [0.2, 0.25) is 11.1 Å². The highest BCUT2D eigenvalue weighted by molar-refractivity contribution is 9.10. The number of hydrogen-bond acceptors (Lipinski definition) is 4. The molecule has 2 heterocycles. The summed E-state index contributed by atoms with van der Waals surface area (Å²) in [7, 11) is 0. The van der Waals surface area contributed by atoms with E-state index in [-0.39, 0.29) is 11.2 Å².